The van der Waals surface area contributed by atoms with Crippen molar-refractivity contribution in [3.05, 3.63) is 87.7 Å². The predicted molar refractivity (Wildman–Crippen MR) is 154 cm³/mol. The van der Waals surface area contributed by atoms with E-state index in [1.807, 2.05) is 30.5 Å². The van der Waals surface area contributed by atoms with Gasteiger partial charge in [-0.25, -0.2) is 4.98 Å². The van der Waals surface area contributed by atoms with Crippen LogP contribution in [0, 0.1) is 5.92 Å². The van der Waals surface area contributed by atoms with Crippen molar-refractivity contribution in [2.24, 2.45) is 5.92 Å². The summed E-state index contributed by atoms with van der Waals surface area (Å²) in [6.07, 6.45) is 5.42. The number of ether oxygens (including phenoxy) is 1. The van der Waals surface area contributed by atoms with Crippen molar-refractivity contribution in [3.8, 4) is 0 Å². The Labute approximate surface area is 243 Å². The zero-order valence-corrected chi connectivity index (χ0v) is 23.9. The molecule has 1 amide bonds. The van der Waals surface area contributed by atoms with Crippen molar-refractivity contribution in [1.29, 1.82) is 0 Å². The van der Waals surface area contributed by atoms with Crippen molar-refractivity contribution in [1.82, 2.24) is 19.8 Å². The molecule has 1 fully saturated rings. The SMILES string of the molecule is CCOC(=O)C1CCN(C(=O)c2coc(CN(CCc3c[nH]c4ccccc34)Cc3cccc(Cl)c3Cl)n2)CC1. The zero-order valence-electron chi connectivity index (χ0n) is 22.4. The van der Waals surface area contributed by atoms with E-state index in [9.17, 15) is 9.59 Å². The molecule has 0 spiro atoms. The van der Waals surface area contributed by atoms with Gasteiger partial charge in [0, 0.05) is 43.3 Å². The molecule has 0 radical (unpaired) electrons. The summed E-state index contributed by atoms with van der Waals surface area (Å²) in [7, 11) is 0. The number of nitrogens with one attached hydrogen (secondary N) is 1. The number of amides is 1. The van der Waals surface area contributed by atoms with E-state index in [2.05, 4.69) is 27.0 Å². The third-order valence-electron chi connectivity index (χ3n) is 7.33. The molecule has 0 aliphatic carbocycles. The van der Waals surface area contributed by atoms with Crippen molar-refractivity contribution < 1.29 is 18.7 Å². The average Bonchev–Trinajstić information content (AvgIpc) is 3.61. The van der Waals surface area contributed by atoms with Crippen LogP contribution in [-0.2, 0) is 29.0 Å². The van der Waals surface area contributed by atoms with Gasteiger partial charge < -0.3 is 19.0 Å². The molecule has 5 rings (SSSR count). The Kier molecular flexibility index (Phi) is 9.09. The van der Waals surface area contributed by atoms with E-state index in [0.717, 1.165) is 17.5 Å². The van der Waals surface area contributed by atoms with Crippen LogP contribution in [0.5, 0.6) is 0 Å². The van der Waals surface area contributed by atoms with Gasteiger partial charge >= 0.3 is 5.97 Å². The Morgan fingerprint density at radius 3 is 2.70 bits per heavy atom. The van der Waals surface area contributed by atoms with E-state index in [4.69, 9.17) is 32.4 Å². The number of rotatable bonds is 10. The van der Waals surface area contributed by atoms with E-state index in [0.29, 0.717) is 68.1 Å². The maximum atomic E-state index is 13.1. The maximum Gasteiger partial charge on any atom is 0.309 e. The number of carbonyl (C=O) groups is 2. The lowest BCUT2D eigenvalue weighted by Gasteiger charge is -2.30. The number of nitrogens with zero attached hydrogens (tertiary/aromatic N) is 3. The number of oxazole rings is 1. The van der Waals surface area contributed by atoms with Crippen LogP contribution in [0.1, 0.15) is 47.3 Å². The highest BCUT2D eigenvalue weighted by atomic mass is 35.5. The summed E-state index contributed by atoms with van der Waals surface area (Å²) in [6, 6.07) is 13.8. The first-order chi connectivity index (χ1) is 19.4. The molecule has 1 saturated heterocycles. The van der Waals surface area contributed by atoms with Crippen molar-refractivity contribution in [2.45, 2.75) is 39.3 Å². The van der Waals surface area contributed by atoms with E-state index in [1.54, 1.807) is 17.9 Å². The Bertz CT molecular complexity index is 1480. The number of fused-ring (bicyclic) bond motifs is 1. The topological polar surface area (TPSA) is 91.7 Å². The lowest BCUT2D eigenvalue weighted by atomic mass is 9.97. The Hall–Kier alpha value is -3.33. The molecule has 4 aromatic rings. The van der Waals surface area contributed by atoms with Gasteiger partial charge in [-0.2, -0.15) is 0 Å². The summed E-state index contributed by atoms with van der Waals surface area (Å²) in [5.74, 6) is -0.103. The minimum Gasteiger partial charge on any atom is -0.466 e. The summed E-state index contributed by atoms with van der Waals surface area (Å²) < 4.78 is 10.9. The second-order valence-corrected chi connectivity index (χ2v) is 10.8. The van der Waals surface area contributed by atoms with Crippen molar-refractivity contribution in [3.63, 3.8) is 0 Å². The number of likely N-dealkylation sites (tertiary alicyclic amines) is 1. The van der Waals surface area contributed by atoms with Crippen molar-refractivity contribution >= 4 is 46.0 Å². The molecule has 3 heterocycles. The zero-order chi connectivity index (χ0) is 28.1. The number of aromatic amines is 1. The minimum atomic E-state index is -0.194. The van der Waals surface area contributed by atoms with Crippen LogP contribution >= 0.6 is 23.2 Å². The van der Waals surface area contributed by atoms with E-state index in [1.165, 1.54) is 17.2 Å². The molecule has 8 nitrogen and oxygen atoms in total. The normalized spacial score (nSPS) is 14.2. The van der Waals surface area contributed by atoms with Gasteiger partial charge in [0.05, 0.1) is 29.1 Å². The molecule has 0 atom stereocenters. The fourth-order valence-electron chi connectivity index (χ4n) is 5.16. The van der Waals surface area contributed by atoms with Gasteiger partial charge in [-0.3, -0.25) is 14.5 Å². The highest BCUT2D eigenvalue weighted by molar-refractivity contribution is 6.42. The third kappa shape index (κ3) is 6.52. The van der Waals surface area contributed by atoms with Crippen LogP contribution in [0.2, 0.25) is 10.0 Å². The number of H-pyrrole nitrogens is 1. The number of para-hydroxylation sites is 1. The van der Waals surface area contributed by atoms with Crippen LogP contribution in [0.25, 0.3) is 10.9 Å². The number of esters is 1. The molecular weight excluding hydrogens is 551 g/mol. The number of benzene rings is 2. The first-order valence-corrected chi connectivity index (χ1v) is 14.3. The molecule has 210 valence electrons. The van der Waals surface area contributed by atoms with Crippen molar-refractivity contribution in [2.75, 3.05) is 26.2 Å². The van der Waals surface area contributed by atoms with Crippen LogP contribution < -0.4 is 0 Å². The number of hydrogen-bond acceptors (Lipinski definition) is 6. The fraction of sp³-hybridized carbons (Fsp3) is 0.367. The fourth-order valence-corrected chi connectivity index (χ4v) is 5.54. The summed E-state index contributed by atoms with van der Waals surface area (Å²) in [5.41, 5.74) is 3.48. The molecule has 1 N–H and O–H groups in total. The molecule has 2 aromatic heterocycles. The third-order valence-corrected chi connectivity index (χ3v) is 8.19. The Morgan fingerprint density at radius 1 is 1.10 bits per heavy atom. The number of aromatic nitrogens is 2. The second-order valence-electron chi connectivity index (χ2n) is 9.98. The monoisotopic (exact) mass is 582 g/mol. The average molecular weight is 584 g/mol. The number of carbonyl (C=O) groups excluding carboxylic acids is 2. The second kappa shape index (κ2) is 12.9. The van der Waals surface area contributed by atoms with Gasteiger partial charge in [-0.05, 0) is 49.4 Å². The summed E-state index contributed by atoms with van der Waals surface area (Å²) in [4.78, 5) is 36.9. The van der Waals surface area contributed by atoms with E-state index < -0.39 is 0 Å². The summed E-state index contributed by atoms with van der Waals surface area (Å²) >= 11 is 12.8. The quantitative estimate of drug-likeness (QED) is 0.226. The smallest absolute Gasteiger partial charge is 0.309 e. The first kappa shape index (κ1) is 28.2. The molecule has 40 heavy (non-hydrogen) atoms. The van der Waals surface area contributed by atoms with Gasteiger partial charge in [0.15, 0.2) is 5.69 Å². The van der Waals surface area contributed by atoms with Gasteiger partial charge in [-0.1, -0.05) is 53.5 Å². The van der Waals surface area contributed by atoms with Crippen LogP contribution in [0.3, 0.4) is 0 Å². The molecule has 10 heteroatoms. The summed E-state index contributed by atoms with van der Waals surface area (Å²) in [6.45, 7) is 4.76. The van der Waals surface area contributed by atoms with Crippen LogP contribution in [-0.4, -0.2) is 57.9 Å². The van der Waals surface area contributed by atoms with Gasteiger partial charge in [0.25, 0.3) is 5.91 Å². The van der Waals surface area contributed by atoms with Gasteiger partial charge in [0.2, 0.25) is 5.89 Å². The summed E-state index contributed by atoms with van der Waals surface area (Å²) in [5, 5.41) is 2.22. The van der Waals surface area contributed by atoms with Crippen LogP contribution in [0.15, 0.2) is 59.3 Å². The number of halogens is 2. The number of hydrogen-bond donors (Lipinski definition) is 1. The molecule has 1 aliphatic heterocycles. The maximum absolute atomic E-state index is 13.1. The lowest BCUT2D eigenvalue weighted by Crippen LogP contribution is -2.40. The van der Waals surface area contributed by atoms with Crippen LogP contribution in [0.4, 0.5) is 0 Å². The molecule has 0 saturated carbocycles. The molecule has 1 aliphatic rings. The lowest BCUT2D eigenvalue weighted by molar-refractivity contribution is -0.149. The molecule has 0 unspecified atom stereocenters. The predicted octanol–water partition coefficient (Wildman–Crippen LogP) is 6.12. The first-order valence-electron chi connectivity index (χ1n) is 13.5. The number of piperidine rings is 1. The minimum absolute atomic E-state index is 0.166. The van der Waals surface area contributed by atoms with Gasteiger partial charge in [0.1, 0.15) is 6.26 Å². The highest BCUT2D eigenvalue weighted by Gasteiger charge is 2.30. The largest absolute Gasteiger partial charge is 0.466 e. The molecule has 0 bridgehead atoms. The molecular formula is C30H32Cl2N4O4. The Morgan fingerprint density at radius 2 is 1.90 bits per heavy atom. The standard InChI is InChI=1S/C30H32Cl2N4O4/c1-2-39-30(38)20-11-14-36(15-12-20)29(37)26-19-40-27(34-26)18-35(17-22-6-5-8-24(31)28(22)32)13-10-21-16-33-25-9-4-3-7-23(21)25/h3-9,16,19-20,33H,2,10-15,17-18H2,1H3. The van der Waals surface area contributed by atoms with Gasteiger partial charge in [-0.15, -0.1) is 0 Å². The molecule has 2 aromatic carbocycles. The van der Waals surface area contributed by atoms with E-state index >= 15 is 0 Å². The highest BCUT2D eigenvalue weighted by Crippen LogP contribution is 2.28. The Balaban J connectivity index is 1.27. The van der Waals surface area contributed by atoms with E-state index in [-0.39, 0.29) is 23.5 Å².